The van der Waals surface area contributed by atoms with Crippen LogP contribution >= 0.6 is 11.6 Å². The smallest absolute Gasteiger partial charge is 0.244 e. The third kappa shape index (κ3) is 2.69. The summed E-state index contributed by atoms with van der Waals surface area (Å²) in [6.07, 6.45) is 2.13. The summed E-state index contributed by atoms with van der Waals surface area (Å²) >= 11 is 5.92. The van der Waals surface area contributed by atoms with Gasteiger partial charge in [0.25, 0.3) is 0 Å². The monoisotopic (exact) mass is 304 g/mol. The molecule has 6 nitrogen and oxygen atoms in total. The molecule has 2 rings (SSSR count). The minimum absolute atomic E-state index is 0.00825. The van der Waals surface area contributed by atoms with E-state index in [-0.39, 0.29) is 21.8 Å². The maximum atomic E-state index is 12.5. The molecule has 0 spiro atoms. The first-order chi connectivity index (χ1) is 8.86. The number of nitrogens with two attached hydrogens (primary N) is 1. The first-order valence-corrected chi connectivity index (χ1v) is 7.82. The molecule has 1 saturated heterocycles. The molecular formula is C11H17ClN4O2S. The minimum Gasteiger partial charge on any atom is -0.307 e. The number of nitrogens with zero attached hydrogens (tertiary/aromatic N) is 2. The average molecular weight is 305 g/mol. The van der Waals surface area contributed by atoms with Gasteiger partial charge >= 0.3 is 0 Å². The van der Waals surface area contributed by atoms with Crippen LogP contribution in [0.4, 0.5) is 5.82 Å². The molecule has 8 heteroatoms. The van der Waals surface area contributed by atoms with Gasteiger partial charge in [-0.2, -0.15) is 4.31 Å². The molecule has 1 aromatic heterocycles. The molecule has 1 aliphatic rings. The number of sulfonamides is 1. The highest BCUT2D eigenvalue weighted by Gasteiger charge is 2.36. The number of anilines is 1. The van der Waals surface area contributed by atoms with Gasteiger partial charge in [-0.1, -0.05) is 18.5 Å². The van der Waals surface area contributed by atoms with Gasteiger partial charge in [0.2, 0.25) is 10.0 Å². The van der Waals surface area contributed by atoms with Crippen LogP contribution in [0.5, 0.6) is 0 Å². The van der Waals surface area contributed by atoms with E-state index in [9.17, 15) is 8.42 Å². The van der Waals surface area contributed by atoms with E-state index in [2.05, 4.69) is 10.4 Å². The SMILES string of the molecule is CC1CC(C)N(S(=O)(=O)c2cnc(NN)c(Cl)c2)C1. The lowest BCUT2D eigenvalue weighted by Gasteiger charge is -2.21. The zero-order valence-electron chi connectivity index (χ0n) is 10.8. The second kappa shape index (κ2) is 5.24. The van der Waals surface area contributed by atoms with Crippen LogP contribution in [-0.4, -0.2) is 30.3 Å². The van der Waals surface area contributed by atoms with Crippen molar-refractivity contribution in [1.82, 2.24) is 9.29 Å². The Morgan fingerprint density at radius 1 is 1.53 bits per heavy atom. The summed E-state index contributed by atoms with van der Waals surface area (Å²) in [6, 6.07) is 1.36. The zero-order valence-corrected chi connectivity index (χ0v) is 12.4. The minimum atomic E-state index is -3.55. The number of aromatic nitrogens is 1. The molecule has 0 radical (unpaired) electrons. The van der Waals surface area contributed by atoms with Crippen molar-refractivity contribution in [2.45, 2.75) is 31.2 Å². The Morgan fingerprint density at radius 3 is 2.68 bits per heavy atom. The van der Waals surface area contributed by atoms with Gasteiger partial charge in [0.05, 0.1) is 5.02 Å². The largest absolute Gasteiger partial charge is 0.307 e. The van der Waals surface area contributed by atoms with Crippen molar-refractivity contribution in [2.75, 3.05) is 12.0 Å². The lowest BCUT2D eigenvalue weighted by Crippen LogP contribution is -2.34. The summed E-state index contributed by atoms with van der Waals surface area (Å²) in [7, 11) is -3.55. The first-order valence-electron chi connectivity index (χ1n) is 6.00. The first kappa shape index (κ1) is 14.5. The second-order valence-corrected chi connectivity index (χ2v) is 7.21. The Morgan fingerprint density at radius 2 is 2.21 bits per heavy atom. The molecule has 19 heavy (non-hydrogen) atoms. The van der Waals surface area contributed by atoms with Crippen molar-refractivity contribution in [1.29, 1.82) is 0 Å². The number of halogens is 1. The Labute approximate surface area is 118 Å². The summed E-state index contributed by atoms with van der Waals surface area (Å²) in [5.74, 6) is 5.83. The molecule has 3 N–H and O–H groups in total. The Bertz CT molecular complexity index is 578. The van der Waals surface area contributed by atoms with Crippen molar-refractivity contribution in [3.8, 4) is 0 Å². The normalized spacial score (nSPS) is 24.6. The van der Waals surface area contributed by atoms with E-state index in [1.807, 2.05) is 13.8 Å². The maximum absolute atomic E-state index is 12.5. The molecule has 1 fully saturated rings. The van der Waals surface area contributed by atoms with Crippen LogP contribution in [0, 0.1) is 5.92 Å². The van der Waals surface area contributed by atoms with Crippen LogP contribution in [0.15, 0.2) is 17.2 Å². The fourth-order valence-corrected chi connectivity index (χ4v) is 4.42. The molecule has 0 bridgehead atoms. The quantitative estimate of drug-likeness (QED) is 0.651. The van der Waals surface area contributed by atoms with Crippen molar-refractivity contribution in [3.63, 3.8) is 0 Å². The number of nitrogen functional groups attached to an aromatic ring is 1. The fraction of sp³-hybridized carbons (Fsp3) is 0.545. The van der Waals surface area contributed by atoms with Gasteiger partial charge in [-0.3, -0.25) is 0 Å². The van der Waals surface area contributed by atoms with Crippen LogP contribution in [0.1, 0.15) is 20.3 Å². The Kier molecular flexibility index (Phi) is 4.00. The third-order valence-corrected chi connectivity index (χ3v) is 5.52. The number of rotatable bonds is 3. The predicted octanol–water partition coefficient (Wildman–Crippen LogP) is 1.44. The molecule has 0 amide bonds. The molecule has 2 unspecified atom stereocenters. The number of hydrogen-bond acceptors (Lipinski definition) is 5. The third-order valence-electron chi connectivity index (χ3n) is 3.29. The van der Waals surface area contributed by atoms with E-state index < -0.39 is 10.0 Å². The Balaban J connectivity index is 2.37. The lowest BCUT2D eigenvalue weighted by molar-refractivity contribution is 0.405. The van der Waals surface area contributed by atoms with Gasteiger partial charge in [-0.25, -0.2) is 19.2 Å². The van der Waals surface area contributed by atoms with Crippen LogP contribution in [-0.2, 0) is 10.0 Å². The van der Waals surface area contributed by atoms with Crippen molar-refractivity contribution < 1.29 is 8.42 Å². The molecule has 0 aliphatic carbocycles. The summed E-state index contributed by atoms with van der Waals surface area (Å²) in [6.45, 7) is 4.47. The number of pyridine rings is 1. The van der Waals surface area contributed by atoms with Crippen LogP contribution in [0.3, 0.4) is 0 Å². The summed E-state index contributed by atoms with van der Waals surface area (Å²) < 4.78 is 26.5. The van der Waals surface area contributed by atoms with E-state index in [1.54, 1.807) is 0 Å². The summed E-state index contributed by atoms with van der Waals surface area (Å²) in [5, 5.41) is 0.184. The van der Waals surface area contributed by atoms with Gasteiger partial charge in [-0.15, -0.1) is 0 Å². The van der Waals surface area contributed by atoms with Crippen LogP contribution < -0.4 is 11.3 Å². The van der Waals surface area contributed by atoms with Crippen molar-refractivity contribution in [3.05, 3.63) is 17.3 Å². The highest BCUT2D eigenvalue weighted by Crippen LogP contribution is 2.30. The molecule has 2 atom stereocenters. The van der Waals surface area contributed by atoms with Gasteiger partial charge in [0.15, 0.2) is 5.82 Å². The van der Waals surface area contributed by atoms with E-state index in [0.717, 1.165) is 6.42 Å². The standard InChI is InChI=1S/C11H17ClN4O2S/c1-7-3-8(2)16(6-7)19(17,18)9-4-10(12)11(15-13)14-5-9/h4-5,7-8H,3,6,13H2,1-2H3,(H,14,15). The van der Waals surface area contributed by atoms with Gasteiger partial charge in [0, 0.05) is 18.8 Å². The molecule has 2 heterocycles. The van der Waals surface area contributed by atoms with Crippen LogP contribution in [0.2, 0.25) is 5.02 Å². The topological polar surface area (TPSA) is 88.3 Å². The van der Waals surface area contributed by atoms with Gasteiger partial charge in [0.1, 0.15) is 4.90 Å². The summed E-state index contributed by atoms with van der Waals surface area (Å²) in [5.41, 5.74) is 2.31. The summed E-state index contributed by atoms with van der Waals surface area (Å²) in [4.78, 5) is 4.00. The molecule has 1 aromatic rings. The molecule has 106 valence electrons. The van der Waals surface area contributed by atoms with Crippen molar-refractivity contribution >= 4 is 27.4 Å². The Hall–Kier alpha value is -0.890. The second-order valence-electron chi connectivity index (χ2n) is 4.91. The molecule has 0 aromatic carbocycles. The molecule has 1 aliphatic heterocycles. The predicted molar refractivity (Wildman–Crippen MR) is 74.2 cm³/mol. The molecule has 0 saturated carbocycles. The van der Waals surface area contributed by atoms with Gasteiger partial charge < -0.3 is 5.43 Å². The fourth-order valence-electron chi connectivity index (χ4n) is 2.40. The van der Waals surface area contributed by atoms with Crippen molar-refractivity contribution in [2.24, 2.45) is 11.8 Å². The number of hydrogen-bond donors (Lipinski definition) is 2. The van der Waals surface area contributed by atoms with E-state index in [4.69, 9.17) is 17.4 Å². The number of hydrazine groups is 1. The maximum Gasteiger partial charge on any atom is 0.244 e. The molecular weight excluding hydrogens is 288 g/mol. The number of nitrogens with one attached hydrogen (secondary N) is 1. The average Bonchev–Trinajstić information content (AvgIpc) is 2.69. The van der Waals surface area contributed by atoms with E-state index in [0.29, 0.717) is 12.5 Å². The zero-order chi connectivity index (χ0) is 14.2. The van der Waals surface area contributed by atoms with Gasteiger partial charge in [-0.05, 0) is 25.3 Å². The highest BCUT2D eigenvalue weighted by molar-refractivity contribution is 7.89. The lowest BCUT2D eigenvalue weighted by atomic mass is 10.1. The van der Waals surface area contributed by atoms with E-state index >= 15 is 0 Å². The van der Waals surface area contributed by atoms with E-state index in [1.165, 1.54) is 16.6 Å². The van der Waals surface area contributed by atoms with Crippen LogP contribution in [0.25, 0.3) is 0 Å². The highest BCUT2D eigenvalue weighted by atomic mass is 35.5.